The Labute approximate surface area is 169 Å². The van der Waals surface area contributed by atoms with Crippen LogP contribution in [-0.2, 0) is 13.0 Å². The Balaban J connectivity index is 1.69. The highest BCUT2D eigenvalue weighted by molar-refractivity contribution is 5.99. The Bertz CT molecular complexity index is 1030. The number of hydrogen-bond acceptors (Lipinski definition) is 4. The zero-order valence-corrected chi connectivity index (χ0v) is 16.7. The van der Waals surface area contributed by atoms with Gasteiger partial charge < -0.3 is 20.5 Å². The maximum absolute atomic E-state index is 12.9. The monoisotopic (exact) mass is 394 g/mol. The van der Waals surface area contributed by atoms with E-state index in [1.807, 2.05) is 18.2 Å². The molecule has 29 heavy (non-hydrogen) atoms. The summed E-state index contributed by atoms with van der Waals surface area (Å²) in [5.74, 6) is -0.219. The molecule has 1 aromatic carbocycles. The summed E-state index contributed by atoms with van der Waals surface area (Å²) in [4.78, 5) is 38.0. The lowest BCUT2D eigenvalue weighted by Gasteiger charge is -2.14. The van der Waals surface area contributed by atoms with Crippen LogP contribution in [0.15, 0.2) is 35.3 Å². The minimum atomic E-state index is -0.490. The number of fused-ring (bicyclic) bond motifs is 1. The molecule has 2 aliphatic rings. The molecule has 0 bridgehead atoms. The molecular weight excluding hydrogens is 368 g/mol. The van der Waals surface area contributed by atoms with Gasteiger partial charge in [0.25, 0.3) is 17.4 Å². The molecule has 7 heteroatoms. The van der Waals surface area contributed by atoms with Gasteiger partial charge in [-0.25, -0.2) is 0 Å². The van der Waals surface area contributed by atoms with Crippen LogP contribution in [0.5, 0.6) is 0 Å². The third-order valence-corrected chi connectivity index (χ3v) is 5.89. The van der Waals surface area contributed by atoms with Crippen molar-refractivity contribution in [2.24, 2.45) is 5.92 Å². The van der Waals surface area contributed by atoms with Crippen molar-refractivity contribution in [2.75, 3.05) is 18.9 Å². The number of aromatic nitrogens is 1. The van der Waals surface area contributed by atoms with Crippen molar-refractivity contribution in [1.29, 1.82) is 0 Å². The lowest BCUT2D eigenvalue weighted by Crippen LogP contribution is -2.34. The maximum atomic E-state index is 12.9. The highest BCUT2D eigenvalue weighted by atomic mass is 16.2. The van der Waals surface area contributed by atoms with Crippen LogP contribution in [0.25, 0.3) is 0 Å². The Morgan fingerprint density at radius 2 is 2.10 bits per heavy atom. The molecule has 1 aliphatic carbocycles. The van der Waals surface area contributed by atoms with Crippen LogP contribution in [0, 0.1) is 5.92 Å². The maximum Gasteiger partial charge on any atom is 0.263 e. The standard InChI is InChI=1S/C22H26N4O3/c1-3-13-10-19(13)25-20(27)15-9-17(21(28)23-2)22(29)26(12-15)11-14-5-4-6-18-16(14)7-8-24-18/h4-6,9,12-13,19,24H,3,7-8,10-11H2,1-2H3,(H,23,28)(H,25,27)/t13-,19-/m0/s1. The number of amides is 2. The third kappa shape index (κ3) is 3.77. The number of pyridine rings is 1. The van der Waals surface area contributed by atoms with Crippen LogP contribution < -0.4 is 21.5 Å². The first-order valence-electron chi connectivity index (χ1n) is 10.1. The normalized spacial score (nSPS) is 19.2. The number of benzene rings is 1. The van der Waals surface area contributed by atoms with E-state index in [0.717, 1.165) is 37.1 Å². The predicted molar refractivity (Wildman–Crippen MR) is 111 cm³/mol. The lowest BCUT2D eigenvalue weighted by atomic mass is 10.0. The topological polar surface area (TPSA) is 92.2 Å². The van der Waals surface area contributed by atoms with Crippen molar-refractivity contribution < 1.29 is 9.59 Å². The van der Waals surface area contributed by atoms with Crippen LogP contribution >= 0.6 is 0 Å². The van der Waals surface area contributed by atoms with Gasteiger partial charge >= 0.3 is 0 Å². The predicted octanol–water partition coefficient (Wildman–Crippen LogP) is 1.75. The largest absolute Gasteiger partial charge is 0.384 e. The average Bonchev–Trinajstić information content (AvgIpc) is 3.29. The van der Waals surface area contributed by atoms with Gasteiger partial charge in [-0.1, -0.05) is 25.5 Å². The van der Waals surface area contributed by atoms with Crippen molar-refractivity contribution >= 4 is 17.5 Å². The van der Waals surface area contributed by atoms with Gasteiger partial charge in [-0.3, -0.25) is 14.4 Å². The molecule has 3 N–H and O–H groups in total. The molecule has 1 saturated carbocycles. The summed E-state index contributed by atoms with van der Waals surface area (Å²) in [6, 6.07) is 7.54. The first-order valence-corrected chi connectivity index (χ1v) is 10.1. The fraction of sp³-hybridized carbons (Fsp3) is 0.409. The van der Waals surface area contributed by atoms with Gasteiger partial charge in [0.15, 0.2) is 0 Å². The summed E-state index contributed by atoms with van der Waals surface area (Å²) in [6.07, 6.45) is 4.46. The van der Waals surface area contributed by atoms with E-state index < -0.39 is 11.5 Å². The SMILES string of the molecule is CC[C@H]1C[C@@H]1NC(=O)c1cc(C(=O)NC)c(=O)n(Cc2cccc3c2CCN3)c1. The number of carbonyl (C=O) groups is 2. The summed E-state index contributed by atoms with van der Waals surface area (Å²) < 4.78 is 1.47. The highest BCUT2D eigenvalue weighted by Gasteiger charge is 2.36. The number of carbonyl (C=O) groups excluding carboxylic acids is 2. The van der Waals surface area contributed by atoms with E-state index in [1.54, 1.807) is 6.20 Å². The lowest BCUT2D eigenvalue weighted by molar-refractivity contribution is 0.0948. The summed E-state index contributed by atoms with van der Waals surface area (Å²) >= 11 is 0. The van der Waals surface area contributed by atoms with Crippen molar-refractivity contribution in [1.82, 2.24) is 15.2 Å². The molecule has 2 heterocycles. The molecule has 152 valence electrons. The zero-order valence-electron chi connectivity index (χ0n) is 16.7. The summed E-state index contributed by atoms with van der Waals surface area (Å²) in [5.41, 5.74) is 3.18. The second kappa shape index (κ2) is 7.73. The molecule has 0 radical (unpaired) electrons. The van der Waals surface area contributed by atoms with Gasteiger partial charge in [-0.2, -0.15) is 0 Å². The molecule has 7 nitrogen and oxygen atoms in total. The third-order valence-electron chi connectivity index (χ3n) is 5.89. The van der Waals surface area contributed by atoms with Gasteiger partial charge in [0.1, 0.15) is 5.56 Å². The quantitative estimate of drug-likeness (QED) is 0.696. The Hall–Kier alpha value is -3.09. The fourth-order valence-corrected chi connectivity index (χ4v) is 4.05. The van der Waals surface area contributed by atoms with E-state index in [1.165, 1.54) is 23.2 Å². The van der Waals surface area contributed by atoms with E-state index in [4.69, 9.17) is 0 Å². The average molecular weight is 394 g/mol. The summed E-state index contributed by atoms with van der Waals surface area (Å²) in [6.45, 7) is 3.29. The van der Waals surface area contributed by atoms with E-state index in [-0.39, 0.29) is 17.5 Å². The zero-order chi connectivity index (χ0) is 20.5. The molecule has 0 unspecified atom stereocenters. The first-order chi connectivity index (χ1) is 14.0. The van der Waals surface area contributed by atoms with Gasteiger partial charge in [-0.15, -0.1) is 0 Å². The van der Waals surface area contributed by atoms with Crippen LogP contribution in [0.3, 0.4) is 0 Å². The number of anilines is 1. The van der Waals surface area contributed by atoms with Gasteiger partial charge in [0, 0.05) is 31.5 Å². The minimum absolute atomic E-state index is 0.0197. The molecule has 2 amide bonds. The number of hydrogen-bond donors (Lipinski definition) is 3. The molecule has 1 aliphatic heterocycles. The molecule has 2 atom stereocenters. The summed E-state index contributed by atoms with van der Waals surface area (Å²) in [7, 11) is 1.48. The second-order valence-electron chi connectivity index (χ2n) is 7.76. The van der Waals surface area contributed by atoms with Crippen LogP contribution in [0.4, 0.5) is 5.69 Å². The van der Waals surface area contributed by atoms with Crippen molar-refractivity contribution in [3.8, 4) is 0 Å². The van der Waals surface area contributed by atoms with Crippen LogP contribution in [0.1, 0.15) is 51.6 Å². The van der Waals surface area contributed by atoms with Crippen LogP contribution in [-0.4, -0.2) is 36.0 Å². The summed E-state index contributed by atoms with van der Waals surface area (Å²) in [5, 5.41) is 8.84. The van der Waals surface area contributed by atoms with E-state index >= 15 is 0 Å². The van der Waals surface area contributed by atoms with E-state index in [0.29, 0.717) is 18.0 Å². The molecule has 1 fully saturated rings. The van der Waals surface area contributed by atoms with Gasteiger partial charge in [0.05, 0.1) is 12.1 Å². The molecular formula is C22H26N4O3. The first kappa shape index (κ1) is 19.2. The van der Waals surface area contributed by atoms with Crippen molar-refractivity contribution in [2.45, 2.75) is 38.8 Å². The Morgan fingerprint density at radius 1 is 1.28 bits per heavy atom. The molecule has 0 saturated heterocycles. The minimum Gasteiger partial charge on any atom is -0.384 e. The Kier molecular flexibility index (Phi) is 5.13. The fourth-order valence-electron chi connectivity index (χ4n) is 4.05. The molecule has 4 rings (SSSR count). The van der Waals surface area contributed by atoms with Gasteiger partial charge in [0.2, 0.25) is 0 Å². The number of nitrogens with one attached hydrogen (secondary N) is 3. The van der Waals surface area contributed by atoms with Crippen LogP contribution in [0.2, 0.25) is 0 Å². The number of nitrogens with zero attached hydrogens (tertiary/aromatic N) is 1. The van der Waals surface area contributed by atoms with E-state index in [2.05, 4.69) is 22.9 Å². The smallest absolute Gasteiger partial charge is 0.263 e. The van der Waals surface area contributed by atoms with Crippen molar-refractivity contribution in [3.63, 3.8) is 0 Å². The highest BCUT2D eigenvalue weighted by Crippen LogP contribution is 2.33. The van der Waals surface area contributed by atoms with E-state index in [9.17, 15) is 14.4 Å². The van der Waals surface area contributed by atoms with Crippen molar-refractivity contribution in [3.05, 3.63) is 63.1 Å². The second-order valence-corrected chi connectivity index (χ2v) is 7.76. The molecule has 1 aromatic heterocycles. The molecule has 2 aromatic rings. The number of rotatable bonds is 6. The Morgan fingerprint density at radius 3 is 2.83 bits per heavy atom. The molecule has 0 spiro atoms. The van der Waals surface area contributed by atoms with Gasteiger partial charge in [-0.05, 0) is 42.0 Å².